The van der Waals surface area contributed by atoms with E-state index >= 15 is 0 Å². The highest BCUT2D eigenvalue weighted by molar-refractivity contribution is 5.92. The fourth-order valence-electron chi connectivity index (χ4n) is 5.42. The molecule has 0 saturated heterocycles. The molecule has 4 rings (SSSR count). The number of rotatable bonds is 6. The lowest BCUT2D eigenvalue weighted by molar-refractivity contribution is -0.152. The minimum atomic E-state index is -1.17. The molecule has 2 aromatic rings. The van der Waals surface area contributed by atoms with Crippen LogP contribution < -0.4 is 5.32 Å². The summed E-state index contributed by atoms with van der Waals surface area (Å²) >= 11 is 0. The van der Waals surface area contributed by atoms with Gasteiger partial charge in [0.05, 0.1) is 0 Å². The van der Waals surface area contributed by atoms with Gasteiger partial charge >= 0.3 is 12.1 Å². The van der Waals surface area contributed by atoms with Gasteiger partial charge in [-0.15, -0.1) is 0 Å². The molecule has 2 N–H and O–H groups in total. The van der Waals surface area contributed by atoms with Gasteiger partial charge in [0.1, 0.15) is 18.2 Å². The molecule has 2 amide bonds. The summed E-state index contributed by atoms with van der Waals surface area (Å²) in [5, 5.41) is 12.2. The monoisotopic (exact) mass is 464 g/mol. The summed E-state index contributed by atoms with van der Waals surface area (Å²) in [5.41, 5.74) is 3.35. The summed E-state index contributed by atoms with van der Waals surface area (Å²) in [7, 11) is 1.47. The summed E-state index contributed by atoms with van der Waals surface area (Å²) in [6.45, 7) is 3.66. The maximum absolute atomic E-state index is 13.4. The van der Waals surface area contributed by atoms with Crippen LogP contribution in [0.15, 0.2) is 48.5 Å². The predicted molar refractivity (Wildman–Crippen MR) is 128 cm³/mol. The van der Waals surface area contributed by atoms with E-state index in [1.54, 1.807) is 0 Å². The molecule has 7 heteroatoms. The zero-order chi connectivity index (χ0) is 24.5. The molecule has 2 aromatic carbocycles. The first kappa shape index (κ1) is 23.8. The van der Waals surface area contributed by atoms with E-state index in [0.717, 1.165) is 35.1 Å². The van der Waals surface area contributed by atoms with Gasteiger partial charge in [-0.3, -0.25) is 4.79 Å². The van der Waals surface area contributed by atoms with Crippen molar-refractivity contribution in [2.24, 2.45) is 5.92 Å². The summed E-state index contributed by atoms with van der Waals surface area (Å²) in [4.78, 5) is 39.1. The van der Waals surface area contributed by atoms with Gasteiger partial charge in [0.2, 0.25) is 5.91 Å². The van der Waals surface area contributed by atoms with E-state index < -0.39 is 23.6 Å². The second-order valence-electron chi connectivity index (χ2n) is 9.66. The second kappa shape index (κ2) is 9.49. The van der Waals surface area contributed by atoms with Gasteiger partial charge in [-0.2, -0.15) is 0 Å². The Labute approximate surface area is 200 Å². The maximum Gasteiger partial charge on any atom is 0.408 e. The molecule has 2 unspecified atom stereocenters. The Morgan fingerprint density at radius 1 is 1.12 bits per heavy atom. The molecule has 0 aromatic heterocycles. The number of likely N-dealkylation sites (N-methyl/N-ethyl adjacent to an activating group) is 1. The third-order valence-corrected chi connectivity index (χ3v) is 7.35. The third kappa shape index (κ3) is 4.39. The summed E-state index contributed by atoms with van der Waals surface area (Å²) in [6.07, 6.45) is 1.98. The Morgan fingerprint density at radius 3 is 2.26 bits per heavy atom. The lowest BCUT2D eigenvalue weighted by Gasteiger charge is -2.42. The summed E-state index contributed by atoms with van der Waals surface area (Å²) < 4.78 is 5.70. The number of carbonyl (C=O) groups is 3. The van der Waals surface area contributed by atoms with Gasteiger partial charge in [-0.05, 0) is 47.9 Å². The van der Waals surface area contributed by atoms with Crippen LogP contribution in [0.2, 0.25) is 0 Å². The smallest absolute Gasteiger partial charge is 0.408 e. The number of carboxylic acids is 1. The zero-order valence-corrected chi connectivity index (χ0v) is 19.9. The second-order valence-corrected chi connectivity index (χ2v) is 9.66. The standard InChI is InChI=1S/C27H32N2O5/c1-17-9-8-14-27(15-17,25(32)29(3)18(2)24(30)31)28-26(33)34-16-23-21-12-6-4-10-19(21)20-11-5-7-13-22(20)23/h4-7,10-13,17-18,23H,8-9,14-16H2,1-3H3,(H,28,33)(H,30,31)/t17?,18-,27?/m0/s1. The van der Waals surface area contributed by atoms with Crippen LogP contribution in [-0.4, -0.2) is 53.2 Å². The Kier molecular flexibility index (Phi) is 6.64. The minimum absolute atomic E-state index is 0.0789. The first-order valence-corrected chi connectivity index (χ1v) is 11.9. The van der Waals surface area contributed by atoms with Crippen LogP contribution in [0.3, 0.4) is 0 Å². The first-order chi connectivity index (χ1) is 16.2. The molecule has 0 bridgehead atoms. The van der Waals surface area contributed by atoms with Crippen LogP contribution >= 0.6 is 0 Å². The van der Waals surface area contributed by atoms with Gasteiger partial charge in [0, 0.05) is 13.0 Å². The lowest BCUT2D eigenvalue weighted by Crippen LogP contribution is -2.62. The van der Waals surface area contributed by atoms with Crippen LogP contribution in [0.4, 0.5) is 4.79 Å². The number of fused-ring (bicyclic) bond motifs is 3. The Hall–Kier alpha value is -3.35. The molecule has 0 heterocycles. The summed E-state index contributed by atoms with van der Waals surface area (Å²) in [5.74, 6) is -1.33. The molecule has 3 atom stereocenters. The van der Waals surface area contributed by atoms with Crippen molar-refractivity contribution < 1.29 is 24.2 Å². The van der Waals surface area contributed by atoms with E-state index in [-0.39, 0.29) is 24.3 Å². The first-order valence-electron chi connectivity index (χ1n) is 11.9. The lowest BCUT2D eigenvalue weighted by atomic mass is 9.75. The van der Waals surface area contributed by atoms with Crippen molar-refractivity contribution in [2.75, 3.05) is 13.7 Å². The molecular weight excluding hydrogens is 432 g/mol. The topological polar surface area (TPSA) is 95.9 Å². The van der Waals surface area contributed by atoms with E-state index in [2.05, 4.69) is 29.6 Å². The van der Waals surface area contributed by atoms with Gasteiger partial charge in [0.15, 0.2) is 0 Å². The number of alkyl carbamates (subject to hydrolysis) is 1. The largest absolute Gasteiger partial charge is 0.480 e. The van der Waals surface area contributed by atoms with Crippen LogP contribution in [0.1, 0.15) is 56.6 Å². The number of benzene rings is 2. The molecule has 7 nitrogen and oxygen atoms in total. The van der Waals surface area contributed by atoms with Crippen molar-refractivity contribution in [3.63, 3.8) is 0 Å². The van der Waals surface area contributed by atoms with Crippen molar-refractivity contribution in [3.05, 3.63) is 59.7 Å². The number of ether oxygens (including phenoxy) is 1. The normalized spacial score (nSPS) is 22.3. The molecule has 2 aliphatic rings. The van der Waals surface area contributed by atoms with E-state index in [0.29, 0.717) is 12.8 Å². The van der Waals surface area contributed by atoms with Gasteiger partial charge in [-0.1, -0.05) is 68.3 Å². The highest BCUT2D eigenvalue weighted by atomic mass is 16.5. The third-order valence-electron chi connectivity index (χ3n) is 7.35. The number of nitrogens with one attached hydrogen (secondary N) is 1. The van der Waals surface area contributed by atoms with Crippen molar-refractivity contribution in [1.82, 2.24) is 10.2 Å². The fraction of sp³-hybridized carbons (Fsp3) is 0.444. The number of hydrogen-bond acceptors (Lipinski definition) is 4. The number of carboxylic acid groups (broad SMARTS) is 1. The van der Waals surface area contributed by atoms with E-state index in [9.17, 15) is 19.5 Å². The van der Waals surface area contributed by atoms with Gasteiger partial charge < -0.3 is 20.1 Å². The predicted octanol–water partition coefficient (Wildman–Crippen LogP) is 4.41. The highest BCUT2D eigenvalue weighted by Gasteiger charge is 2.46. The fourth-order valence-corrected chi connectivity index (χ4v) is 5.42. The molecule has 0 aliphatic heterocycles. The number of hydrogen-bond donors (Lipinski definition) is 2. The molecule has 1 fully saturated rings. The number of aliphatic carboxylic acids is 1. The van der Waals surface area contributed by atoms with E-state index in [1.807, 2.05) is 31.2 Å². The van der Waals surface area contributed by atoms with Gasteiger partial charge in [0.25, 0.3) is 0 Å². The maximum atomic E-state index is 13.4. The van der Waals surface area contributed by atoms with Crippen LogP contribution in [-0.2, 0) is 14.3 Å². The minimum Gasteiger partial charge on any atom is -0.480 e. The van der Waals surface area contributed by atoms with Crippen molar-refractivity contribution >= 4 is 18.0 Å². The average Bonchev–Trinajstić information content (AvgIpc) is 3.15. The van der Waals surface area contributed by atoms with Crippen molar-refractivity contribution in [2.45, 2.75) is 57.0 Å². The molecule has 1 saturated carbocycles. The number of nitrogens with zero attached hydrogens (tertiary/aromatic N) is 1. The quantitative estimate of drug-likeness (QED) is 0.660. The zero-order valence-electron chi connectivity index (χ0n) is 19.9. The molecule has 34 heavy (non-hydrogen) atoms. The average molecular weight is 465 g/mol. The van der Waals surface area contributed by atoms with Crippen LogP contribution in [0.25, 0.3) is 11.1 Å². The Bertz CT molecular complexity index is 1050. The molecule has 0 spiro atoms. The molecule has 180 valence electrons. The van der Waals surface area contributed by atoms with Crippen molar-refractivity contribution in [3.8, 4) is 11.1 Å². The summed E-state index contributed by atoms with van der Waals surface area (Å²) in [6, 6.07) is 15.2. The van der Waals surface area contributed by atoms with Gasteiger partial charge in [-0.25, -0.2) is 9.59 Å². The van der Waals surface area contributed by atoms with E-state index in [4.69, 9.17) is 4.74 Å². The Balaban J connectivity index is 1.51. The van der Waals surface area contributed by atoms with Crippen LogP contribution in [0, 0.1) is 5.92 Å². The highest BCUT2D eigenvalue weighted by Crippen LogP contribution is 2.44. The Morgan fingerprint density at radius 2 is 1.71 bits per heavy atom. The number of amides is 2. The van der Waals surface area contributed by atoms with Crippen molar-refractivity contribution in [1.29, 1.82) is 0 Å². The molecule has 2 aliphatic carbocycles. The molecule has 0 radical (unpaired) electrons. The van der Waals surface area contributed by atoms with E-state index in [1.165, 1.54) is 18.9 Å². The SMILES string of the molecule is CC1CCCC(NC(=O)OCC2c3ccccc3-c3ccccc32)(C(=O)N(C)[C@@H](C)C(=O)O)C1. The number of carbonyl (C=O) groups excluding carboxylic acids is 2. The van der Waals surface area contributed by atoms with Crippen LogP contribution in [0.5, 0.6) is 0 Å². The molecular formula is C27H32N2O5.